The third-order valence-electron chi connectivity index (χ3n) is 17.1. The van der Waals surface area contributed by atoms with Gasteiger partial charge in [-0.3, -0.25) is 23.9 Å². The first-order valence-electron chi connectivity index (χ1n) is 35.0. The van der Waals surface area contributed by atoms with Gasteiger partial charge in [0.2, 0.25) is 17.5 Å². The largest absolute Gasteiger partial charge is 0.490 e. The number of carbonyl (C=O) groups is 3. The van der Waals surface area contributed by atoms with Crippen molar-refractivity contribution < 1.29 is 111 Å². The average Bonchev–Trinajstić information content (AvgIpc) is 1.61. The number of alkyl carbamates (subject to hydrolysis) is 1. The Bertz CT molecular complexity index is 4320. The maximum atomic E-state index is 13.2. The molecule has 0 radical (unpaired) electrons. The molecular weight excluding hydrogens is 1580 g/mol. The van der Waals surface area contributed by atoms with Crippen LogP contribution >= 0.6 is 45.1 Å². The number of benzene rings is 2. The van der Waals surface area contributed by atoms with Crippen LogP contribution in [0.1, 0.15) is 141 Å². The van der Waals surface area contributed by atoms with E-state index in [-0.39, 0.29) is 95.6 Å². The number of carbonyl (C=O) groups excluding carboxylic acids is 3. The number of nitrogen functional groups attached to an aromatic ring is 1. The molecule has 3 unspecified atom stereocenters. The Morgan fingerprint density at radius 3 is 2.28 bits per heavy atom. The Morgan fingerprint density at radius 2 is 1.58 bits per heavy atom. The second-order valence-electron chi connectivity index (χ2n) is 26.7. The lowest BCUT2D eigenvalue weighted by Crippen LogP contribution is -2.30. The number of aromatic amines is 1. The molecule has 1 fully saturated rings. The van der Waals surface area contributed by atoms with E-state index in [2.05, 4.69) is 179 Å². The number of hydrogen-bond donors (Lipinski definition) is 8. The van der Waals surface area contributed by atoms with Gasteiger partial charge in [-0.25, -0.2) is 18.5 Å². The van der Waals surface area contributed by atoms with E-state index in [9.17, 15) is 42.7 Å². The first-order chi connectivity index (χ1) is 51.4. The summed E-state index contributed by atoms with van der Waals surface area (Å²) in [6.45, 7) is 21.5. The Labute approximate surface area is 651 Å². The molecule has 6 atom stereocenters. The number of allylic oxidation sites excluding steroid dienone is 6. The summed E-state index contributed by atoms with van der Waals surface area (Å²) in [7, 11) is -17.5. The Morgan fingerprint density at radius 1 is 0.872 bits per heavy atom. The molecule has 109 heavy (non-hydrogen) atoms. The van der Waals surface area contributed by atoms with Crippen molar-refractivity contribution in [1.82, 2.24) is 25.2 Å². The number of esters is 1. The number of unbranched alkanes of at least 4 members (excludes halogenated alkanes) is 3. The summed E-state index contributed by atoms with van der Waals surface area (Å²) in [6.07, 6.45) is 15.5. The molecule has 2 aromatic carbocycles. The number of likely N-dealkylation sites (N-methyl/N-ethyl adjacent to an activating group) is 1. The number of aromatic nitrogens is 3. The van der Waals surface area contributed by atoms with Crippen LogP contribution in [-0.4, -0.2) is 189 Å². The number of H-pyrrole nitrogens is 1. The lowest BCUT2D eigenvalue weighted by atomic mass is 9.81. The zero-order valence-electron chi connectivity index (χ0n) is 62.4. The van der Waals surface area contributed by atoms with Crippen molar-refractivity contribution >= 4 is 128 Å². The van der Waals surface area contributed by atoms with Crippen LogP contribution in [0, 0.1) is 18.8 Å². The van der Waals surface area contributed by atoms with E-state index in [0.29, 0.717) is 64.6 Å². The molecule has 0 spiro atoms. The van der Waals surface area contributed by atoms with E-state index in [1.54, 1.807) is 17.0 Å². The molecule has 3 aliphatic rings. The van der Waals surface area contributed by atoms with Crippen molar-refractivity contribution in [2.24, 2.45) is 0 Å². The van der Waals surface area contributed by atoms with Gasteiger partial charge in [0.1, 0.15) is 24.8 Å². The first-order valence-corrected chi connectivity index (χ1v) is 45.6. The number of hydrogen-bond acceptors (Lipinski definition) is 26. The number of ether oxygens (including phenoxy) is 7. The summed E-state index contributed by atoms with van der Waals surface area (Å²) < 4.78 is 117. The van der Waals surface area contributed by atoms with Crippen LogP contribution in [0.4, 0.5) is 22.1 Å². The molecule has 2 aromatic heterocycles. The van der Waals surface area contributed by atoms with Crippen LogP contribution in [-0.2, 0) is 112 Å². The summed E-state index contributed by atoms with van der Waals surface area (Å²) >= 11 is 5.23. The minimum absolute atomic E-state index is 0.00619. The maximum Gasteiger partial charge on any atom is 0.490 e. The molecule has 2 amide bonds. The Kier molecular flexibility index (Phi) is 37.2. The van der Waals surface area contributed by atoms with E-state index in [0.717, 1.165) is 32.4 Å². The zero-order chi connectivity index (χ0) is 80.2. The molecule has 0 saturated carbocycles. The summed E-state index contributed by atoms with van der Waals surface area (Å²) in [5.41, 5.74) is 14.3. The van der Waals surface area contributed by atoms with Crippen LogP contribution in [0.3, 0.4) is 0 Å². The number of amides is 2. The number of nitrogens with two attached hydrogens (primary N) is 1. The van der Waals surface area contributed by atoms with Gasteiger partial charge in [0, 0.05) is 97.4 Å². The highest BCUT2D eigenvalue weighted by Crippen LogP contribution is 2.66. The molecule has 40 heteroatoms. The number of para-hydroxylation sites is 1. The number of aryl methyl sites for hydroxylation is 1. The van der Waals surface area contributed by atoms with E-state index < -0.39 is 86.2 Å². The predicted molar refractivity (Wildman–Crippen MR) is 420 cm³/mol. The number of anilines is 2. The predicted octanol–water partition coefficient (Wildman–Crippen LogP) is 9.60. The fraction of sp³-hybridized carbons (Fsp3) is 0.565. The number of rotatable bonds is 44. The van der Waals surface area contributed by atoms with Crippen molar-refractivity contribution in [3.63, 3.8) is 0 Å². The van der Waals surface area contributed by atoms with Gasteiger partial charge in [0.05, 0.1) is 81.1 Å². The Hall–Kier alpha value is -5.78. The molecule has 604 valence electrons. The smallest absolute Gasteiger partial charge is 0.466 e. The number of phosphoric acid groups is 3. The van der Waals surface area contributed by atoms with Crippen LogP contribution in [0.5, 0.6) is 0 Å². The average molecular weight is 1680 g/mol. The van der Waals surface area contributed by atoms with Crippen LogP contribution < -0.4 is 26.8 Å². The van der Waals surface area contributed by atoms with E-state index in [1.165, 1.54) is 61.0 Å². The third-order valence-corrected chi connectivity index (χ3v) is 24.7. The quantitative estimate of drug-likeness (QED) is 0.00298. The fourth-order valence-corrected chi connectivity index (χ4v) is 17.8. The van der Waals surface area contributed by atoms with Crippen molar-refractivity contribution in [1.29, 1.82) is 0 Å². The van der Waals surface area contributed by atoms with E-state index in [4.69, 9.17) is 77.0 Å². The van der Waals surface area contributed by atoms with Gasteiger partial charge < -0.3 is 78.6 Å². The highest BCUT2D eigenvalue weighted by Gasteiger charge is 2.46. The molecule has 7 rings (SSSR count). The first kappa shape index (κ1) is 92.1. The van der Waals surface area contributed by atoms with Crippen molar-refractivity contribution in [3.05, 3.63) is 117 Å². The fourth-order valence-electron chi connectivity index (χ4n) is 12.0. The molecule has 0 aliphatic carbocycles. The SMILES string of the molecule is CCN1\C(=C/C=C/C=C/C2=[N+](CCCCCC(=O)NCCOCCOCCNC(=O)OCCC(C)(C)SSCOCCCCOC(=O)CCC#Cc3cn([C@H]4C[C@H](OCS(C)=S)[C@@H](COP(=O)(O)OP(=O)(O)OP(=O)(O)O)O4)c4nc(N)[nH]c(=O)c34)c3ccc(C)cc3C2(C)C)C(C)(C)c2ccccc21.O=S(=O)=O. The van der Waals surface area contributed by atoms with Gasteiger partial charge in [-0.05, 0) is 115 Å². The monoisotopic (exact) mass is 1680 g/mol. The van der Waals surface area contributed by atoms with Crippen molar-refractivity contribution in [2.75, 3.05) is 108 Å². The number of nitrogens with zero attached hydrogens (tertiary/aromatic N) is 4. The highest BCUT2D eigenvalue weighted by molar-refractivity contribution is 8.77. The van der Waals surface area contributed by atoms with E-state index >= 15 is 0 Å². The van der Waals surface area contributed by atoms with Crippen molar-refractivity contribution in [3.8, 4) is 11.8 Å². The summed E-state index contributed by atoms with van der Waals surface area (Å²) in [6, 6.07) is 15.4. The minimum Gasteiger partial charge on any atom is -0.466 e. The molecule has 4 aromatic rings. The lowest BCUT2D eigenvalue weighted by molar-refractivity contribution is -0.438. The van der Waals surface area contributed by atoms with Gasteiger partial charge in [0.25, 0.3) is 5.56 Å². The molecule has 1 saturated heterocycles. The van der Waals surface area contributed by atoms with Gasteiger partial charge >= 0.3 is 46.1 Å². The maximum absolute atomic E-state index is 13.2. The molecule has 9 N–H and O–H groups in total. The molecular formula is C69H100N8O24P3S5+. The van der Waals surface area contributed by atoms with Crippen molar-refractivity contribution in [2.45, 2.75) is 154 Å². The Balaban J connectivity index is 0.00000452. The van der Waals surface area contributed by atoms with Gasteiger partial charge in [0.15, 0.2) is 11.4 Å². The summed E-state index contributed by atoms with van der Waals surface area (Å²) in [4.78, 5) is 97.2. The normalized spacial score (nSPS) is 18.4. The lowest BCUT2D eigenvalue weighted by Gasteiger charge is -2.25. The molecule has 32 nitrogen and oxygen atoms in total. The second kappa shape index (κ2) is 44.0. The van der Waals surface area contributed by atoms with E-state index in [1.807, 2.05) is 0 Å². The number of nitrogens with one attached hydrogen (secondary N) is 3. The second-order valence-corrected chi connectivity index (χ2v) is 37.6. The number of phosphoric ester groups is 1. The molecule has 3 aliphatic heterocycles. The standard InChI is InChI=1S/C69H99N8O21P3S4.O3S/c1-10-75-53-25-18-17-24-51(53)68(5,6)57(75)26-13-11-14-27-58-69(7,8)52-43-49(2)30-31-54(52)76(58)35-20-12-15-28-59(78)71-33-39-89-41-42-90-40-34-72-66(81)93-38-32-67(3,4)104-103-47-91-36-21-22-37-92-61(79)29-19-16-23-50-45-77(63-62(50)64(80)74-65(70)73-63)60-44-55(94-48-105(9)102)56(96-60)46-95-100(85,86)98-101(87,88)97-99(82,83)84;1-4(2)3/h11,13-14,17-18,24-27,30-31,43,45,55-56,60H,10,12,15,19-22,28-29,32-42,44,46-48H2,1-9H3,(H8-,70,71,72,73,74,78,80,81,82,83,84,85,86,87,88);/p+1/t55-,56+,60+,105?;/m0./s1. The summed E-state index contributed by atoms with van der Waals surface area (Å²) in [5.74, 6) is 5.52. The van der Waals surface area contributed by atoms with Crippen LogP contribution in [0.25, 0.3) is 11.0 Å². The number of fused-ring (bicyclic) bond motifs is 3. The highest BCUT2D eigenvalue weighted by atomic mass is 33.1. The molecule has 5 heterocycles. The van der Waals surface area contributed by atoms with Gasteiger partial charge in [-0.1, -0.05) is 105 Å². The summed E-state index contributed by atoms with van der Waals surface area (Å²) in [5, 5.41) is 5.69. The van der Waals surface area contributed by atoms with Gasteiger partial charge in [-0.2, -0.15) is 18.2 Å². The minimum atomic E-state index is -5.79. The molecule has 0 bridgehead atoms. The zero-order valence-corrected chi connectivity index (χ0v) is 69.2. The van der Waals surface area contributed by atoms with Crippen LogP contribution in [0.2, 0.25) is 0 Å². The van der Waals surface area contributed by atoms with Crippen LogP contribution in [0.15, 0.2) is 89.5 Å². The topological polar surface area (TPSA) is 434 Å². The third kappa shape index (κ3) is 30.6. The van der Waals surface area contributed by atoms with Gasteiger partial charge in [-0.15, -0.1) is 12.6 Å².